The highest BCUT2D eigenvalue weighted by atomic mass is 16.5. The molecule has 0 N–H and O–H groups in total. The Kier molecular flexibility index (Phi) is 1.32. The zero-order valence-electron chi connectivity index (χ0n) is 8.13. The summed E-state index contributed by atoms with van der Waals surface area (Å²) in [5.41, 5.74) is 2.06. The Morgan fingerprint density at radius 2 is 1.79 bits per heavy atom. The predicted octanol–water partition coefficient (Wildman–Crippen LogP) is 3.80. The second-order valence-electron chi connectivity index (χ2n) is 3.54. The van der Waals surface area contributed by atoms with Crippen LogP contribution in [0.1, 0.15) is 11.3 Å². The molecule has 2 nitrogen and oxygen atoms in total. The van der Waals surface area contributed by atoms with Crippen molar-refractivity contribution in [2.45, 2.75) is 13.8 Å². The summed E-state index contributed by atoms with van der Waals surface area (Å²) in [4.78, 5) is 0. The average molecular weight is 186 g/mol. The molecule has 2 heteroatoms. The normalized spacial score (nSPS) is 11.6. The minimum absolute atomic E-state index is 0.640. The van der Waals surface area contributed by atoms with Crippen molar-refractivity contribution in [3.8, 4) is 0 Å². The summed E-state index contributed by atoms with van der Waals surface area (Å²) < 4.78 is 11.1. The van der Waals surface area contributed by atoms with Gasteiger partial charge in [-0.15, -0.1) is 0 Å². The molecule has 0 spiro atoms. The molecule has 14 heavy (non-hydrogen) atoms. The molecular weight excluding hydrogens is 176 g/mol. The minimum atomic E-state index is 0.640. The van der Waals surface area contributed by atoms with E-state index < -0.39 is 0 Å². The Labute approximate surface area is 81.1 Å². The van der Waals surface area contributed by atoms with E-state index in [0.717, 1.165) is 22.1 Å². The van der Waals surface area contributed by atoms with Crippen molar-refractivity contribution in [1.82, 2.24) is 0 Å². The van der Waals surface area contributed by atoms with Crippen LogP contribution in [0.5, 0.6) is 0 Å². The van der Waals surface area contributed by atoms with Crippen LogP contribution in [0.15, 0.2) is 33.1 Å². The summed E-state index contributed by atoms with van der Waals surface area (Å²) in [6.45, 7) is 4.02. The number of fused-ring (bicyclic) bond motifs is 3. The van der Waals surface area contributed by atoms with Crippen LogP contribution >= 0.6 is 0 Å². The Morgan fingerprint density at radius 1 is 1.00 bits per heavy atom. The number of rotatable bonds is 0. The number of para-hydroxylation sites is 1. The second kappa shape index (κ2) is 2.41. The van der Waals surface area contributed by atoms with Crippen molar-refractivity contribution in [2.24, 2.45) is 0 Å². The highest BCUT2D eigenvalue weighted by molar-refractivity contribution is 6.05. The van der Waals surface area contributed by atoms with Crippen molar-refractivity contribution in [3.63, 3.8) is 0 Å². The summed E-state index contributed by atoms with van der Waals surface area (Å²) >= 11 is 0. The summed E-state index contributed by atoms with van der Waals surface area (Å²) in [7, 11) is 0. The third-order valence-electron chi connectivity index (χ3n) is 2.71. The molecule has 0 unspecified atom stereocenters. The Morgan fingerprint density at radius 3 is 2.64 bits per heavy atom. The summed E-state index contributed by atoms with van der Waals surface area (Å²) in [6.07, 6.45) is 0. The summed E-state index contributed by atoms with van der Waals surface area (Å²) in [5, 5.41) is 2.25. The lowest BCUT2D eigenvalue weighted by Gasteiger charge is -1.88. The van der Waals surface area contributed by atoms with Crippen LogP contribution in [0.4, 0.5) is 0 Å². The van der Waals surface area contributed by atoms with Crippen LogP contribution in [-0.4, -0.2) is 0 Å². The molecule has 0 saturated carbocycles. The van der Waals surface area contributed by atoms with E-state index in [4.69, 9.17) is 8.83 Å². The van der Waals surface area contributed by atoms with Gasteiger partial charge in [0, 0.05) is 10.9 Å². The Hall–Kier alpha value is -1.70. The summed E-state index contributed by atoms with van der Waals surface area (Å²) in [5.74, 6) is 1.57. The fraction of sp³-hybridized carbons (Fsp3) is 0.167. The van der Waals surface area contributed by atoms with E-state index in [9.17, 15) is 0 Å². The molecule has 0 fully saturated rings. The van der Waals surface area contributed by atoms with Gasteiger partial charge in [-0.05, 0) is 19.9 Å². The van der Waals surface area contributed by atoms with E-state index in [-0.39, 0.29) is 0 Å². The van der Waals surface area contributed by atoms with Gasteiger partial charge in [-0.3, -0.25) is 0 Å². The van der Waals surface area contributed by atoms with Crippen LogP contribution in [0.2, 0.25) is 0 Å². The van der Waals surface area contributed by atoms with Crippen LogP contribution in [0.25, 0.3) is 22.1 Å². The predicted molar refractivity (Wildman–Crippen MR) is 55.5 cm³/mol. The van der Waals surface area contributed by atoms with Crippen molar-refractivity contribution >= 4 is 22.1 Å². The molecule has 2 aromatic heterocycles. The SMILES string of the molecule is Cc1oc2oc3ccccc3c2c1C. The highest BCUT2D eigenvalue weighted by Gasteiger charge is 2.14. The first kappa shape index (κ1) is 7.68. The number of benzene rings is 1. The molecule has 0 aliphatic carbocycles. The largest absolute Gasteiger partial charge is 0.430 e. The lowest BCUT2D eigenvalue weighted by atomic mass is 10.1. The molecule has 3 aromatic rings. The molecule has 0 saturated heterocycles. The van der Waals surface area contributed by atoms with E-state index >= 15 is 0 Å². The molecule has 0 bridgehead atoms. The maximum atomic E-state index is 5.59. The van der Waals surface area contributed by atoms with Crippen LogP contribution in [-0.2, 0) is 0 Å². The highest BCUT2D eigenvalue weighted by Crippen LogP contribution is 2.34. The van der Waals surface area contributed by atoms with Gasteiger partial charge in [0.15, 0.2) is 0 Å². The fourth-order valence-electron chi connectivity index (χ4n) is 1.84. The van der Waals surface area contributed by atoms with Crippen molar-refractivity contribution in [2.75, 3.05) is 0 Å². The van der Waals surface area contributed by atoms with Crippen LogP contribution < -0.4 is 0 Å². The van der Waals surface area contributed by atoms with E-state index in [1.165, 1.54) is 5.56 Å². The molecule has 1 aromatic carbocycles. The van der Waals surface area contributed by atoms with Crippen molar-refractivity contribution < 1.29 is 8.83 Å². The lowest BCUT2D eigenvalue weighted by molar-refractivity contribution is 0.479. The zero-order valence-corrected chi connectivity index (χ0v) is 8.13. The number of hydrogen-bond acceptors (Lipinski definition) is 2. The van der Waals surface area contributed by atoms with Gasteiger partial charge < -0.3 is 8.83 Å². The zero-order chi connectivity index (χ0) is 9.71. The van der Waals surface area contributed by atoms with E-state index in [1.54, 1.807) is 0 Å². The number of aryl methyl sites for hydroxylation is 2. The molecule has 0 aliphatic heterocycles. The van der Waals surface area contributed by atoms with E-state index in [0.29, 0.717) is 5.78 Å². The van der Waals surface area contributed by atoms with Gasteiger partial charge in [0.2, 0.25) is 0 Å². The van der Waals surface area contributed by atoms with Crippen molar-refractivity contribution in [3.05, 3.63) is 35.6 Å². The fourth-order valence-corrected chi connectivity index (χ4v) is 1.84. The minimum Gasteiger partial charge on any atom is -0.430 e. The van der Waals surface area contributed by atoms with Gasteiger partial charge in [0.05, 0.1) is 5.39 Å². The first-order valence-corrected chi connectivity index (χ1v) is 4.64. The Bertz CT molecular complexity index is 614. The quantitative estimate of drug-likeness (QED) is 0.533. The monoisotopic (exact) mass is 186 g/mol. The van der Waals surface area contributed by atoms with Gasteiger partial charge in [0.1, 0.15) is 11.3 Å². The number of furan rings is 2. The third kappa shape index (κ3) is 0.803. The first-order valence-electron chi connectivity index (χ1n) is 4.64. The molecule has 0 radical (unpaired) electrons. The summed E-state index contributed by atoms with van der Waals surface area (Å²) in [6, 6.07) is 7.99. The van der Waals surface area contributed by atoms with E-state index in [2.05, 4.69) is 13.0 Å². The van der Waals surface area contributed by atoms with Gasteiger partial charge in [0.25, 0.3) is 5.78 Å². The Balaban J connectivity index is 2.62. The standard InChI is InChI=1S/C12H10O2/c1-7-8(2)13-12-11(7)9-5-3-4-6-10(9)14-12/h3-6H,1-2H3. The van der Waals surface area contributed by atoms with E-state index in [1.807, 2.05) is 25.1 Å². The van der Waals surface area contributed by atoms with Gasteiger partial charge >= 0.3 is 0 Å². The topological polar surface area (TPSA) is 26.3 Å². The lowest BCUT2D eigenvalue weighted by Crippen LogP contribution is -1.70. The smallest absolute Gasteiger partial charge is 0.298 e. The molecule has 2 heterocycles. The second-order valence-corrected chi connectivity index (χ2v) is 3.54. The molecule has 3 rings (SSSR count). The molecule has 70 valence electrons. The molecule has 0 amide bonds. The maximum absolute atomic E-state index is 5.59. The van der Waals surface area contributed by atoms with Gasteiger partial charge in [-0.1, -0.05) is 18.2 Å². The molecular formula is C12H10O2. The molecule has 0 atom stereocenters. The maximum Gasteiger partial charge on any atom is 0.298 e. The number of hydrogen-bond donors (Lipinski definition) is 0. The van der Waals surface area contributed by atoms with Gasteiger partial charge in [-0.2, -0.15) is 0 Å². The van der Waals surface area contributed by atoms with Crippen molar-refractivity contribution in [1.29, 1.82) is 0 Å². The van der Waals surface area contributed by atoms with Gasteiger partial charge in [-0.25, -0.2) is 0 Å². The third-order valence-corrected chi connectivity index (χ3v) is 2.71. The molecule has 0 aliphatic rings. The average Bonchev–Trinajstić information content (AvgIpc) is 2.65. The van der Waals surface area contributed by atoms with Crippen LogP contribution in [0, 0.1) is 13.8 Å². The first-order chi connectivity index (χ1) is 6.77. The van der Waals surface area contributed by atoms with Crippen LogP contribution in [0.3, 0.4) is 0 Å².